The molecule has 3 aliphatic heterocycles. The lowest BCUT2D eigenvalue weighted by molar-refractivity contribution is -0.318. The van der Waals surface area contributed by atoms with Crippen LogP contribution in [0.5, 0.6) is 28.7 Å². The Labute approximate surface area is 296 Å². The molecule has 0 aliphatic carbocycles. The van der Waals surface area contributed by atoms with E-state index < -0.39 is 80.6 Å². The molecule has 0 bridgehead atoms. The first-order chi connectivity index (χ1) is 24.9. The first kappa shape index (κ1) is 37.0. The zero-order valence-corrected chi connectivity index (χ0v) is 27.7. The summed E-state index contributed by atoms with van der Waals surface area (Å²) in [4.78, 5) is 25.1. The number of aliphatic hydroxyl groups is 5. The van der Waals surface area contributed by atoms with Crippen LogP contribution in [0.4, 0.5) is 0 Å². The zero-order valence-electron chi connectivity index (χ0n) is 27.7. The number of carbonyl (C=O) groups is 2. The third-order valence-electron chi connectivity index (χ3n) is 8.91. The quantitative estimate of drug-likeness (QED) is 0.106. The van der Waals surface area contributed by atoms with Crippen LogP contribution in [0.1, 0.15) is 34.0 Å². The molecule has 9 unspecified atom stereocenters. The number of ether oxygens (including phenoxy) is 7. The van der Waals surface area contributed by atoms with E-state index in [1.807, 2.05) is 0 Å². The van der Waals surface area contributed by atoms with Crippen LogP contribution < -0.4 is 14.2 Å². The van der Waals surface area contributed by atoms with Crippen molar-refractivity contribution in [1.82, 2.24) is 0 Å². The Morgan fingerprint density at radius 2 is 1.77 bits per heavy atom. The Morgan fingerprint density at radius 3 is 2.50 bits per heavy atom. The monoisotopic (exact) mass is 726 g/mol. The molecule has 0 saturated carbocycles. The number of esters is 1. The molecule has 3 aromatic rings. The van der Waals surface area contributed by atoms with Crippen LogP contribution in [0.25, 0.3) is 6.08 Å². The SMILES string of the molecule is COc1cc(/C=C/C(=O)OCC2(O)COC(OC3C(Oc4ccc(C5CC(=O)c6ccc(O)cc6O5)cc4)OC(CO)C(O)C3O)C2O)ccc1O. The number of phenols is 2. The highest BCUT2D eigenvalue weighted by atomic mass is 16.8. The van der Waals surface area contributed by atoms with Crippen molar-refractivity contribution < 1.29 is 78.5 Å². The largest absolute Gasteiger partial charge is 0.508 e. The van der Waals surface area contributed by atoms with Crippen LogP contribution in [-0.2, 0) is 23.7 Å². The molecule has 9 atom stereocenters. The van der Waals surface area contributed by atoms with E-state index >= 15 is 0 Å². The smallest absolute Gasteiger partial charge is 0.330 e. The lowest BCUT2D eigenvalue weighted by atomic mass is 9.96. The molecule has 3 aromatic carbocycles. The van der Waals surface area contributed by atoms with Gasteiger partial charge in [0, 0.05) is 12.1 Å². The van der Waals surface area contributed by atoms with Crippen molar-refractivity contribution in [2.24, 2.45) is 0 Å². The number of methoxy groups -OCH3 is 1. The first-order valence-electron chi connectivity index (χ1n) is 16.2. The van der Waals surface area contributed by atoms with Gasteiger partial charge in [-0.25, -0.2) is 4.79 Å². The lowest BCUT2D eigenvalue weighted by Crippen LogP contribution is -2.62. The predicted octanol–water partition coefficient (Wildman–Crippen LogP) is 0.721. The van der Waals surface area contributed by atoms with Gasteiger partial charge in [0.1, 0.15) is 54.4 Å². The van der Waals surface area contributed by atoms with Crippen LogP contribution in [0, 0.1) is 0 Å². The number of benzene rings is 3. The molecule has 16 heteroatoms. The minimum Gasteiger partial charge on any atom is -0.508 e. The number of phenolic OH excluding ortho intramolecular Hbond substituents is 2. The van der Waals surface area contributed by atoms with E-state index in [4.69, 9.17) is 33.2 Å². The molecule has 16 nitrogen and oxygen atoms in total. The summed E-state index contributed by atoms with van der Waals surface area (Å²) in [5.74, 6) is -0.512. The standard InChI is InChI=1S/C36H38O16/c1-46-27-12-18(2-10-23(27)39)3-11-29(41)47-16-36(45)17-48-35(33(36)44)52-32-31(43)30(42)28(15-37)51-34(32)49-21-7-4-19(5-8-21)25-14-24(40)22-9-6-20(38)13-26(22)50-25/h2-13,25,28,30-35,37-39,42-45H,14-17H2,1H3/b11-3+. The van der Waals surface area contributed by atoms with Gasteiger partial charge >= 0.3 is 5.97 Å². The maximum absolute atomic E-state index is 12.7. The number of fused-ring (bicyclic) bond motifs is 1. The number of rotatable bonds is 11. The molecular formula is C36H38O16. The van der Waals surface area contributed by atoms with E-state index in [1.54, 1.807) is 12.1 Å². The Kier molecular flexibility index (Phi) is 11.0. The molecular weight excluding hydrogens is 688 g/mol. The summed E-state index contributed by atoms with van der Waals surface area (Å²) < 4.78 is 39.0. The van der Waals surface area contributed by atoms with Gasteiger partial charge in [-0.05, 0) is 53.6 Å². The summed E-state index contributed by atoms with van der Waals surface area (Å²) in [6, 6.07) is 15.0. The highest BCUT2D eigenvalue weighted by molar-refractivity contribution is 6.00. The maximum Gasteiger partial charge on any atom is 0.330 e. The fraction of sp³-hybridized carbons (Fsp3) is 0.389. The van der Waals surface area contributed by atoms with Crippen molar-refractivity contribution in [3.8, 4) is 28.7 Å². The molecule has 278 valence electrons. The third kappa shape index (κ3) is 7.84. The number of aromatic hydroxyl groups is 2. The van der Waals surface area contributed by atoms with Gasteiger partial charge in [0.05, 0.1) is 32.3 Å². The normalized spacial score (nSPS) is 30.1. The number of ketones is 1. The van der Waals surface area contributed by atoms with Crippen LogP contribution in [-0.4, -0.2) is 123 Å². The van der Waals surface area contributed by atoms with Crippen LogP contribution in [0.15, 0.2) is 66.7 Å². The fourth-order valence-electron chi connectivity index (χ4n) is 5.95. The van der Waals surface area contributed by atoms with E-state index in [0.29, 0.717) is 16.7 Å². The van der Waals surface area contributed by atoms with Gasteiger partial charge in [-0.15, -0.1) is 0 Å². The van der Waals surface area contributed by atoms with Crippen molar-refractivity contribution in [1.29, 1.82) is 0 Å². The average molecular weight is 727 g/mol. The Morgan fingerprint density at radius 1 is 1.00 bits per heavy atom. The Balaban J connectivity index is 1.09. The van der Waals surface area contributed by atoms with Crippen molar-refractivity contribution >= 4 is 17.8 Å². The Hall–Kier alpha value is -4.78. The number of aliphatic hydroxyl groups excluding tert-OH is 4. The second-order valence-electron chi connectivity index (χ2n) is 12.5. The molecule has 7 N–H and O–H groups in total. The number of hydrogen-bond acceptors (Lipinski definition) is 16. The molecule has 0 amide bonds. The average Bonchev–Trinajstić information content (AvgIpc) is 3.42. The van der Waals surface area contributed by atoms with Gasteiger partial charge in [0.15, 0.2) is 35.3 Å². The highest BCUT2D eigenvalue weighted by Gasteiger charge is 2.54. The van der Waals surface area contributed by atoms with Gasteiger partial charge in [-0.3, -0.25) is 4.79 Å². The van der Waals surface area contributed by atoms with Gasteiger partial charge < -0.3 is 68.9 Å². The Bertz CT molecular complexity index is 1780. The summed E-state index contributed by atoms with van der Waals surface area (Å²) in [6.07, 6.45) is -9.20. The minimum atomic E-state index is -2.13. The predicted molar refractivity (Wildman–Crippen MR) is 175 cm³/mol. The third-order valence-corrected chi connectivity index (χ3v) is 8.91. The minimum absolute atomic E-state index is 0.0464. The summed E-state index contributed by atoms with van der Waals surface area (Å²) in [6.45, 7) is -1.93. The lowest BCUT2D eigenvalue weighted by Gasteiger charge is -2.42. The van der Waals surface area contributed by atoms with Gasteiger partial charge in [0.2, 0.25) is 6.29 Å². The molecule has 6 rings (SSSR count). The molecule has 52 heavy (non-hydrogen) atoms. The summed E-state index contributed by atoms with van der Waals surface area (Å²) in [5.41, 5.74) is -0.631. The van der Waals surface area contributed by atoms with Gasteiger partial charge in [-0.2, -0.15) is 0 Å². The van der Waals surface area contributed by atoms with Crippen LogP contribution in [0.3, 0.4) is 0 Å². The highest BCUT2D eigenvalue weighted by Crippen LogP contribution is 2.38. The second kappa shape index (κ2) is 15.4. The van der Waals surface area contributed by atoms with E-state index in [0.717, 1.165) is 6.08 Å². The van der Waals surface area contributed by atoms with Crippen LogP contribution in [0.2, 0.25) is 0 Å². The maximum atomic E-state index is 12.7. The van der Waals surface area contributed by atoms with Crippen LogP contribution >= 0.6 is 0 Å². The summed E-state index contributed by atoms with van der Waals surface area (Å²) in [7, 11) is 1.37. The summed E-state index contributed by atoms with van der Waals surface area (Å²) in [5, 5.41) is 72.9. The fourth-order valence-corrected chi connectivity index (χ4v) is 5.95. The van der Waals surface area contributed by atoms with Crippen molar-refractivity contribution in [2.45, 2.75) is 61.2 Å². The van der Waals surface area contributed by atoms with Crippen molar-refractivity contribution in [3.05, 3.63) is 83.4 Å². The molecule has 2 saturated heterocycles. The molecule has 0 radical (unpaired) electrons. The number of Topliss-reactive ketones (excluding diaryl/α,β-unsaturated/α-hetero) is 1. The molecule has 0 aromatic heterocycles. The van der Waals surface area contributed by atoms with E-state index in [1.165, 1.54) is 61.7 Å². The van der Waals surface area contributed by atoms with E-state index in [2.05, 4.69) is 0 Å². The molecule has 0 spiro atoms. The molecule has 3 aliphatic rings. The number of carbonyl (C=O) groups excluding carboxylic acids is 2. The van der Waals surface area contributed by atoms with Gasteiger partial charge in [0.25, 0.3) is 0 Å². The molecule has 2 fully saturated rings. The first-order valence-corrected chi connectivity index (χ1v) is 16.2. The topological polar surface area (TPSA) is 240 Å². The van der Waals surface area contributed by atoms with E-state index in [-0.39, 0.29) is 41.0 Å². The second-order valence-corrected chi connectivity index (χ2v) is 12.5. The van der Waals surface area contributed by atoms with Crippen molar-refractivity contribution in [3.63, 3.8) is 0 Å². The van der Waals surface area contributed by atoms with E-state index in [9.17, 15) is 45.3 Å². The zero-order chi connectivity index (χ0) is 37.2. The summed E-state index contributed by atoms with van der Waals surface area (Å²) >= 11 is 0. The number of hydrogen-bond donors (Lipinski definition) is 7. The van der Waals surface area contributed by atoms with Gasteiger partial charge in [-0.1, -0.05) is 18.2 Å². The van der Waals surface area contributed by atoms with Crippen molar-refractivity contribution in [2.75, 3.05) is 26.9 Å². The molecule has 3 heterocycles.